The van der Waals surface area contributed by atoms with Gasteiger partial charge < -0.3 is 0 Å². The van der Waals surface area contributed by atoms with E-state index in [0.29, 0.717) is 4.77 Å². The van der Waals surface area contributed by atoms with E-state index in [9.17, 15) is 0 Å². The molecular formula is C18H19N3S2. The van der Waals surface area contributed by atoms with Gasteiger partial charge in [0, 0.05) is 15.8 Å². The average Bonchev–Trinajstić information content (AvgIpc) is 3.10. The van der Waals surface area contributed by atoms with Crippen LogP contribution in [0.25, 0.3) is 17.1 Å². The maximum atomic E-state index is 5.49. The molecule has 1 unspecified atom stereocenters. The molecule has 2 aromatic heterocycles. The molecule has 0 spiro atoms. The third-order valence-electron chi connectivity index (χ3n) is 4.57. The van der Waals surface area contributed by atoms with Crippen LogP contribution in [0.3, 0.4) is 0 Å². The van der Waals surface area contributed by atoms with E-state index in [1.54, 1.807) is 0 Å². The number of H-pyrrole nitrogens is 1. The van der Waals surface area contributed by atoms with Crippen LogP contribution in [-0.4, -0.2) is 14.8 Å². The summed E-state index contributed by atoms with van der Waals surface area (Å²) in [5.41, 5.74) is 5.00. The number of aromatic nitrogens is 3. The predicted molar refractivity (Wildman–Crippen MR) is 98.0 cm³/mol. The first-order chi connectivity index (χ1) is 11.1. The predicted octanol–water partition coefficient (Wildman–Crippen LogP) is 5.09. The molecule has 3 nitrogen and oxygen atoms in total. The number of thiophene rings is 1. The van der Waals surface area contributed by atoms with Gasteiger partial charge in [-0.1, -0.05) is 19.1 Å². The second-order valence-electron chi connectivity index (χ2n) is 6.43. The average molecular weight is 342 g/mol. The lowest BCUT2D eigenvalue weighted by atomic mass is 9.88. The van der Waals surface area contributed by atoms with Gasteiger partial charge >= 0.3 is 0 Å². The summed E-state index contributed by atoms with van der Waals surface area (Å²) in [5.74, 6) is 1.72. The molecular weight excluding hydrogens is 322 g/mol. The van der Waals surface area contributed by atoms with Crippen molar-refractivity contribution in [3.8, 4) is 17.1 Å². The molecule has 118 valence electrons. The Bertz CT molecular complexity index is 916. The minimum absolute atomic E-state index is 0.648. The minimum Gasteiger partial charge on any atom is -0.268 e. The molecule has 5 heteroatoms. The summed E-state index contributed by atoms with van der Waals surface area (Å²) < 4.78 is 2.71. The van der Waals surface area contributed by atoms with E-state index in [1.165, 1.54) is 34.4 Å². The summed E-state index contributed by atoms with van der Waals surface area (Å²) >= 11 is 7.36. The van der Waals surface area contributed by atoms with Gasteiger partial charge in [0.25, 0.3) is 0 Å². The van der Waals surface area contributed by atoms with Crippen LogP contribution in [0.2, 0.25) is 0 Å². The smallest absolute Gasteiger partial charge is 0.200 e. The third kappa shape index (κ3) is 2.58. The number of fused-ring (bicyclic) bond motifs is 1. The summed E-state index contributed by atoms with van der Waals surface area (Å²) in [6, 6.07) is 8.40. The normalized spacial score (nSPS) is 17.2. The summed E-state index contributed by atoms with van der Waals surface area (Å²) in [6.45, 7) is 4.44. The maximum absolute atomic E-state index is 5.49. The van der Waals surface area contributed by atoms with Gasteiger partial charge in [0.2, 0.25) is 0 Å². The van der Waals surface area contributed by atoms with Crippen molar-refractivity contribution in [3.05, 3.63) is 50.4 Å². The van der Waals surface area contributed by atoms with Crippen molar-refractivity contribution < 1.29 is 0 Å². The van der Waals surface area contributed by atoms with Gasteiger partial charge in [0.05, 0.1) is 5.69 Å². The zero-order valence-corrected chi connectivity index (χ0v) is 14.9. The zero-order valence-electron chi connectivity index (χ0n) is 13.3. The van der Waals surface area contributed by atoms with Crippen molar-refractivity contribution in [2.45, 2.75) is 33.1 Å². The van der Waals surface area contributed by atoms with Crippen LogP contribution in [0.5, 0.6) is 0 Å². The van der Waals surface area contributed by atoms with Crippen LogP contribution in [0, 0.1) is 17.6 Å². The van der Waals surface area contributed by atoms with E-state index in [0.717, 1.165) is 23.9 Å². The van der Waals surface area contributed by atoms with Gasteiger partial charge in [-0.25, -0.2) is 0 Å². The molecule has 0 bridgehead atoms. The van der Waals surface area contributed by atoms with E-state index < -0.39 is 0 Å². The van der Waals surface area contributed by atoms with Crippen molar-refractivity contribution >= 4 is 23.6 Å². The molecule has 1 N–H and O–H groups in total. The maximum Gasteiger partial charge on any atom is 0.200 e. The summed E-state index contributed by atoms with van der Waals surface area (Å²) in [5, 5.41) is 9.77. The second-order valence-corrected chi connectivity index (χ2v) is 7.78. The Morgan fingerprint density at radius 3 is 3.09 bits per heavy atom. The van der Waals surface area contributed by atoms with Crippen molar-refractivity contribution in [1.29, 1.82) is 0 Å². The van der Waals surface area contributed by atoms with Crippen molar-refractivity contribution in [3.63, 3.8) is 0 Å². The zero-order chi connectivity index (χ0) is 16.0. The molecule has 0 radical (unpaired) electrons. The van der Waals surface area contributed by atoms with Crippen LogP contribution in [0.15, 0.2) is 29.6 Å². The molecule has 2 heterocycles. The number of hydrogen-bond donors (Lipinski definition) is 1. The summed E-state index contributed by atoms with van der Waals surface area (Å²) in [6.07, 6.45) is 3.59. The highest BCUT2D eigenvalue weighted by Gasteiger charge is 2.23. The number of benzene rings is 1. The molecule has 0 saturated heterocycles. The Balaban J connectivity index is 1.88. The van der Waals surface area contributed by atoms with Gasteiger partial charge in [-0.3, -0.25) is 9.67 Å². The fourth-order valence-corrected chi connectivity index (χ4v) is 4.83. The van der Waals surface area contributed by atoms with Gasteiger partial charge in [0.15, 0.2) is 10.6 Å². The number of aromatic amines is 1. The molecule has 0 saturated carbocycles. The second kappa shape index (κ2) is 5.73. The first kappa shape index (κ1) is 14.8. The number of hydrogen-bond acceptors (Lipinski definition) is 3. The highest BCUT2D eigenvalue weighted by molar-refractivity contribution is 7.71. The Labute approximate surface area is 145 Å². The summed E-state index contributed by atoms with van der Waals surface area (Å²) in [7, 11) is 0. The van der Waals surface area contributed by atoms with Crippen molar-refractivity contribution in [2.24, 2.45) is 5.92 Å². The van der Waals surface area contributed by atoms with E-state index >= 15 is 0 Å². The van der Waals surface area contributed by atoms with Crippen molar-refractivity contribution in [2.75, 3.05) is 0 Å². The fourth-order valence-electron chi connectivity index (χ4n) is 3.35. The SMILES string of the molecule is Cc1cccc(-n2c(-c3csc4c3CCC(C)C4)n[nH]c2=S)c1. The third-order valence-corrected chi connectivity index (χ3v) is 5.90. The van der Waals surface area contributed by atoms with Gasteiger partial charge in [-0.2, -0.15) is 5.10 Å². The topological polar surface area (TPSA) is 33.6 Å². The lowest BCUT2D eigenvalue weighted by Crippen LogP contribution is -2.09. The molecule has 1 aromatic carbocycles. The molecule has 1 aliphatic carbocycles. The molecule has 4 rings (SSSR count). The molecule has 0 fully saturated rings. The first-order valence-corrected chi connectivity index (χ1v) is 9.26. The number of nitrogens with one attached hydrogen (secondary N) is 1. The molecule has 0 aliphatic heterocycles. The van der Waals surface area contributed by atoms with Gasteiger partial charge in [-0.05, 0) is 67.6 Å². The summed E-state index contributed by atoms with van der Waals surface area (Å²) in [4.78, 5) is 1.52. The number of aryl methyl sites for hydroxylation is 1. The molecule has 0 amide bonds. The molecule has 23 heavy (non-hydrogen) atoms. The van der Waals surface area contributed by atoms with E-state index in [4.69, 9.17) is 12.2 Å². The van der Waals surface area contributed by atoms with Crippen LogP contribution >= 0.6 is 23.6 Å². The fraction of sp³-hybridized carbons (Fsp3) is 0.333. The van der Waals surface area contributed by atoms with Crippen LogP contribution in [0.4, 0.5) is 0 Å². The van der Waals surface area contributed by atoms with Gasteiger partial charge in [-0.15, -0.1) is 11.3 Å². The molecule has 1 atom stereocenters. The van der Waals surface area contributed by atoms with Gasteiger partial charge in [0.1, 0.15) is 0 Å². The Morgan fingerprint density at radius 2 is 2.26 bits per heavy atom. The monoisotopic (exact) mass is 341 g/mol. The number of rotatable bonds is 2. The largest absolute Gasteiger partial charge is 0.268 e. The first-order valence-electron chi connectivity index (χ1n) is 7.97. The quantitative estimate of drug-likeness (QED) is 0.659. The lowest BCUT2D eigenvalue weighted by Gasteiger charge is -2.19. The Morgan fingerprint density at radius 1 is 1.39 bits per heavy atom. The highest BCUT2D eigenvalue weighted by Crippen LogP contribution is 2.38. The highest BCUT2D eigenvalue weighted by atomic mass is 32.1. The Hall–Kier alpha value is -1.72. The Kier molecular flexibility index (Phi) is 3.70. The standard InChI is InChI=1S/C18H19N3S2/c1-11-4-3-5-13(8-11)21-17(19-20-18(21)22)15-10-23-16-9-12(2)6-7-14(15)16/h3-5,8,10,12H,6-7,9H2,1-2H3,(H,20,22). The van der Waals surface area contributed by atoms with Crippen molar-refractivity contribution in [1.82, 2.24) is 14.8 Å². The van der Waals surface area contributed by atoms with E-state index in [2.05, 4.69) is 58.3 Å². The number of nitrogens with zero attached hydrogens (tertiary/aromatic N) is 2. The van der Waals surface area contributed by atoms with Crippen LogP contribution in [0.1, 0.15) is 29.3 Å². The van der Waals surface area contributed by atoms with Crippen LogP contribution in [-0.2, 0) is 12.8 Å². The molecule has 3 aromatic rings. The molecule has 1 aliphatic rings. The minimum atomic E-state index is 0.648. The van der Waals surface area contributed by atoms with Crippen LogP contribution < -0.4 is 0 Å². The van der Waals surface area contributed by atoms with E-state index in [1.807, 2.05) is 11.3 Å². The van der Waals surface area contributed by atoms with E-state index in [-0.39, 0.29) is 0 Å². The lowest BCUT2D eigenvalue weighted by molar-refractivity contribution is 0.508.